The van der Waals surface area contributed by atoms with Crippen LogP contribution in [0.2, 0.25) is 0 Å². The van der Waals surface area contributed by atoms with Crippen molar-refractivity contribution in [2.75, 3.05) is 27.2 Å². The highest BCUT2D eigenvalue weighted by atomic mass is 16.1. The number of allylic oxidation sites excluding steroid dienone is 5. The second-order valence-electron chi connectivity index (χ2n) is 7.06. The van der Waals surface area contributed by atoms with Gasteiger partial charge in [0.05, 0.1) is 0 Å². The van der Waals surface area contributed by atoms with Crippen molar-refractivity contribution in [2.24, 2.45) is 0 Å². The van der Waals surface area contributed by atoms with E-state index in [1.54, 1.807) is 0 Å². The van der Waals surface area contributed by atoms with Crippen LogP contribution in [0.4, 0.5) is 0 Å². The van der Waals surface area contributed by atoms with Gasteiger partial charge in [-0.15, -0.1) is 0 Å². The average Bonchev–Trinajstić information content (AvgIpc) is 2.86. The Hall–Kier alpha value is -2.59. The van der Waals surface area contributed by atoms with Crippen molar-refractivity contribution in [1.82, 2.24) is 14.8 Å². The first kappa shape index (κ1) is 20.7. The topological polar surface area (TPSA) is 37.3 Å². The molecule has 4 heteroatoms. The first-order chi connectivity index (χ1) is 12.9. The fraction of sp³-hybridized carbons (Fsp3) is 0.348. The highest BCUT2D eigenvalue weighted by Crippen LogP contribution is 2.27. The van der Waals surface area contributed by atoms with Gasteiger partial charge in [-0.2, -0.15) is 0 Å². The molecule has 0 saturated carbocycles. The van der Waals surface area contributed by atoms with Gasteiger partial charge in [-0.3, -0.25) is 4.79 Å². The number of amides is 1. The molecule has 0 bridgehead atoms. The standard InChI is InChI=1S/C23H31N3O/c1-7-9-19(10-8-2)16-26-18(4)17(3)21-15-20(11-12-22(21)26)23(27)24-13-14-25(5)6/h7-12,15H,1,13-14,16H2,2-6H3,(H,24,27)/b10-8-,19-9+. The van der Waals surface area contributed by atoms with Crippen molar-refractivity contribution in [2.45, 2.75) is 27.3 Å². The van der Waals surface area contributed by atoms with Gasteiger partial charge in [0.2, 0.25) is 0 Å². The van der Waals surface area contributed by atoms with Crippen LogP contribution in [0.25, 0.3) is 10.9 Å². The molecule has 0 aliphatic carbocycles. The summed E-state index contributed by atoms with van der Waals surface area (Å²) in [6.45, 7) is 12.3. The van der Waals surface area contributed by atoms with Gasteiger partial charge in [-0.1, -0.05) is 30.9 Å². The van der Waals surface area contributed by atoms with Crippen LogP contribution in [0, 0.1) is 13.8 Å². The molecule has 0 radical (unpaired) electrons. The summed E-state index contributed by atoms with van der Waals surface area (Å²) < 4.78 is 2.30. The van der Waals surface area contributed by atoms with Gasteiger partial charge in [0.25, 0.3) is 5.91 Å². The largest absolute Gasteiger partial charge is 0.351 e. The molecule has 1 heterocycles. The smallest absolute Gasteiger partial charge is 0.251 e. The molecule has 1 aromatic heterocycles. The van der Waals surface area contributed by atoms with Gasteiger partial charge in [0.1, 0.15) is 0 Å². The SMILES string of the molecule is C=C/C=C(\C=C/C)Cn1c(C)c(C)c2cc(C(=O)NCCN(C)C)ccc21. The van der Waals surface area contributed by atoms with Crippen LogP contribution in [-0.2, 0) is 6.54 Å². The monoisotopic (exact) mass is 365 g/mol. The van der Waals surface area contributed by atoms with Crippen LogP contribution < -0.4 is 5.32 Å². The highest BCUT2D eigenvalue weighted by Gasteiger charge is 2.14. The van der Waals surface area contributed by atoms with E-state index in [0.717, 1.165) is 24.0 Å². The molecule has 0 aliphatic rings. The molecular formula is C23H31N3O. The van der Waals surface area contributed by atoms with E-state index in [1.807, 2.05) is 51.4 Å². The molecule has 0 unspecified atom stereocenters. The number of fused-ring (bicyclic) bond motifs is 1. The normalized spacial score (nSPS) is 12.3. The van der Waals surface area contributed by atoms with Gasteiger partial charge < -0.3 is 14.8 Å². The molecule has 0 saturated heterocycles. The molecule has 0 aliphatic heterocycles. The van der Waals surface area contributed by atoms with Crippen molar-refractivity contribution < 1.29 is 4.79 Å². The number of likely N-dealkylation sites (N-methyl/N-ethyl adjacent to an activating group) is 1. The van der Waals surface area contributed by atoms with E-state index < -0.39 is 0 Å². The van der Waals surface area contributed by atoms with Crippen LogP contribution in [0.1, 0.15) is 28.5 Å². The minimum absolute atomic E-state index is 0.0234. The molecular weight excluding hydrogens is 334 g/mol. The van der Waals surface area contributed by atoms with Crippen LogP contribution in [-0.4, -0.2) is 42.6 Å². The number of rotatable bonds is 8. The third kappa shape index (κ3) is 4.98. The second kappa shape index (κ2) is 9.38. The summed E-state index contributed by atoms with van der Waals surface area (Å²) in [5.41, 5.74) is 5.48. The summed E-state index contributed by atoms with van der Waals surface area (Å²) in [5.74, 6) is -0.0234. The maximum absolute atomic E-state index is 12.5. The molecule has 0 spiro atoms. The van der Waals surface area contributed by atoms with E-state index in [9.17, 15) is 4.79 Å². The number of aromatic nitrogens is 1. The first-order valence-corrected chi connectivity index (χ1v) is 9.35. The molecule has 4 nitrogen and oxygen atoms in total. The number of hydrogen-bond donors (Lipinski definition) is 1. The molecule has 144 valence electrons. The molecule has 2 rings (SSSR count). The predicted molar refractivity (Wildman–Crippen MR) is 115 cm³/mol. The molecule has 0 fully saturated rings. The second-order valence-corrected chi connectivity index (χ2v) is 7.06. The summed E-state index contributed by atoms with van der Waals surface area (Å²) >= 11 is 0. The average molecular weight is 366 g/mol. The summed E-state index contributed by atoms with van der Waals surface area (Å²) in [5, 5.41) is 4.12. The van der Waals surface area contributed by atoms with Crippen molar-refractivity contribution in [3.05, 3.63) is 71.5 Å². The Morgan fingerprint density at radius 1 is 1.30 bits per heavy atom. The van der Waals surface area contributed by atoms with E-state index in [2.05, 4.69) is 47.4 Å². The van der Waals surface area contributed by atoms with E-state index in [4.69, 9.17) is 0 Å². The number of carbonyl (C=O) groups excluding carboxylic acids is 1. The van der Waals surface area contributed by atoms with E-state index >= 15 is 0 Å². The van der Waals surface area contributed by atoms with Crippen LogP contribution in [0.3, 0.4) is 0 Å². The third-order valence-corrected chi connectivity index (χ3v) is 4.80. The van der Waals surface area contributed by atoms with E-state index in [0.29, 0.717) is 12.1 Å². The zero-order chi connectivity index (χ0) is 20.0. The Morgan fingerprint density at radius 2 is 2.04 bits per heavy atom. The van der Waals surface area contributed by atoms with Crippen LogP contribution in [0.5, 0.6) is 0 Å². The fourth-order valence-corrected chi connectivity index (χ4v) is 3.20. The van der Waals surface area contributed by atoms with Gasteiger partial charge in [0, 0.05) is 41.8 Å². The van der Waals surface area contributed by atoms with Crippen LogP contribution in [0.15, 0.2) is 54.7 Å². The van der Waals surface area contributed by atoms with Crippen molar-refractivity contribution in [3.63, 3.8) is 0 Å². The van der Waals surface area contributed by atoms with Gasteiger partial charge in [0.15, 0.2) is 0 Å². The number of carbonyl (C=O) groups is 1. The van der Waals surface area contributed by atoms with Crippen LogP contribution >= 0.6 is 0 Å². The minimum atomic E-state index is -0.0234. The summed E-state index contributed by atoms with van der Waals surface area (Å²) in [4.78, 5) is 14.5. The lowest BCUT2D eigenvalue weighted by atomic mass is 10.1. The number of benzene rings is 1. The lowest BCUT2D eigenvalue weighted by Crippen LogP contribution is -2.31. The van der Waals surface area contributed by atoms with Crippen molar-refractivity contribution in [3.8, 4) is 0 Å². The summed E-state index contributed by atoms with van der Waals surface area (Å²) in [6.07, 6.45) is 8.00. The quantitative estimate of drug-likeness (QED) is 0.711. The first-order valence-electron chi connectivity index (χ1n) is 9.35. The molecule has 1 aromatic carbocycles. The third-order valence-electron chi connectivity index (χ3n) is 4.80. The Bertz CT molecular complexity index is 885. The van der Waals surface area contributed by atoms with Crippen molar-refractivity contribution in [1.29, 1.82) is 0 Å². The maximum atomic E-state index is 12.5. The zero-order valence-electron chi connectivity index (χ0n) is 17.2. The van der Waals surface area contributed by atoms with E-state index in [-0.39, 0.29) is 5.91 Å². The number of aryl methyl sites for hydroxylation is 1. The molecule has 27 heavy (non-hydrogen) atoms. The number of nitrogens with zero attached hydrogens (tertiary/aromatic N) is 2. The van der Waals surface area contributed by atoms with Gasteiger partial charge >= 0.3 is 0 Å². The van der Waals surface area contributed by atoms with Gasteiger partial charge in [-0.05, 0) is 64.2 Å². The Morgan fingerprint density at radius 3 is 2.67 bits per heavy atom. The zero-order valence-corrected chi connectivity index (χ0v) is 17.2. The molecule has 1 amide bonds. The summed E-state index contributed by atoms with van der Waals surface area (Å²) in [6, 6.07) is 5.97. The Kier molecular flexibility index (Phi) is 7.19. The Labute approximate surface area is 162 Å². The predicted octanol–water partition coefficient (Wildman–Crippen LogP) is 4.24. The lowest BCUT2D eigenvalue weighted by molar-refractivity contribution is 0.0951. The highest BCUT2D eigenvalue weighted by molar-refractivity contribution is 5.99. The van der Waals surface area contributed by atoms with Crippen molar-refractivity contribution >= 4 is 16.8 Å². The molecule has 1 N–H and O–H groups in total. The fourth-order valence-electron chi connectivity index (χ4n) is 3.20. The molecule has 2 aromatic rings. The molecule has 0 atom stereocenters. The Balaban J connectivity index is 2.35. The van der Waals surface area contributed by atoms with Gasteiger partial charge in [-0.25, -0.2) is 0 Å². The van der Waals surface area contributed by atoms with E-state index in [1.165, 1.54) is 16.8 Å². The maximum Gasteiger partial charge on any atom is 0.251 e. The lowest BCUT2D eigenvalue weighted by Gasteiger charge is -2.11. The summed E-state index contributed by atoms with van der Waals surface area (Å²) in [7, 11) is 3.99. The minimum Gasteiger partial charge on any atom is -0.351 e. The number of hydrogen-bond acceptors (Lipinski definition) is 2. The number of nitrogens with one attached hydrogen (secondary N) is 1.